The molecular weight excluding hydrogens is 466 g/mol. The lowest BCUT2D eigenvalue weighted by molar-refractivity contribution is -0.137. The Labute approximate surface area is 211 Å². The molecule has 0 aliphatic carbocycles. The molecule has 0 aliphatic heterocycles. The topological polar surface area (TPSA) is 194 Å². The Morgan fingerprint density at radius 2 is 1.61 bits per heavy atom. The number of carbonyl (C=O) groups is 4. The summed E-state index contributed by atoms with van der Waals surface area (Å²) in [6, 6.07) is 5.18. The Morgan fingerprint density at radius 1 is 0.944 bits per heavy atom. The number of amides is 3. The second-order valence-electron chi connectivity index (χ2n) is 8.98. The Balaban J connectivity index is 2.89. The maximum atomic E-state index is 13.1. The molecule has 1 rings (SSSR count). The van der Waals surface area contributed by atoms with Crippen molar-refractivity contribution < 1.29 is 29.1 Å². The highest BCUT2D eigenvalue weighted by Gasteiger charge is 2.30. The normalized spacial score (nSPS) is 14.2. The van der Waals surface area contributed by atoms with Crippen LogP contribution in [0.2, 0.25) is 0 Å². The summed E-state index contributed by atoms with van der Waals surface area (Å²) < 4.78 is 0. The average Bonchev–Trinajstić information content (AvgIpc) is 2.84. The first-order valence-electron chi connectivity index (χ1n) is 12.1. The molecule has 0 heterocycles. The fourth-order valence-electron chi connectivity index (χ4n) is 3.47. The second kappa shape index (κ2) is 16.4. The summed E-state index contributed by atoms with van der Waals surface area (Å²) in [4.78, 5) is 60.7. The average molecular weight is 505 g/mol. The molecule has 1 aromatic carbocycles. The predicted octanol–water partition coefficient (Wildman–Crippen LogP) is -0.230. The van der Waals surface area contributed by atoms with E-state index < -0.39 is 47.9 Å². The number of hydrogen-bond donors (Lipinski definition) is 6. The van der Waals surface area contributed by atoms with Crippen molar-refractivity contribution in [3.8, 4) is 0 Å². The van der Waals surface area contributed by atoms with Gasteiger partial charge in [-0.15, -0.1) is 0 Å². The molecule has 0 aliphatic rings. The zero-order valence-corrected chi connectivity index (χ0v) is 20.9. The molecule has 36 heavy (non-hydrogen) atoms. The van der Waals surface area contributed by atoms with Gasteiger partial charge in [0.1, 0.15) is 12.1 Å². The van der Waals surface area contributed by atoms with Crippen LogP contribution in [0.1, 0.15) is 51.5 Å². The van der Waals surface area contributed by atoms with Crippen molar-refractivity contribution in [2.75, 3.05) is 6.54 Å². The third-order valence-electron chi connectivity index (χ3n) is 5.57. The minimum absolute atomic E-state index is 0.0806. The smallest absolute Gasteiger partial charge is 0.303 e. The van der Waals surface area contributed by atoms with Gasteiger partial charge < -0.3 is 32.5 Å². The molecule has 0 bridgehead atoms. The molecule has 0 saturated heterocycles. The predicted molar refractivity (Wildman–Crippen MR) is 134 cm³/mol. The molecular formula is C25H38N5O6. The van der Waals surface area contributed by atoms with Gasteiger partial charge in [0.25, 0.3) is 0 Å². The molecule has 1 radical (unpaired) electrons. The quantitative estimate of drug-likeness (QED) is 0.157. The number of carboxylic acid groups (broad SMARTS) is 1. The van der Waals surface area contributed by atoms with Gasteiger partial charge in [-0.05, 0) is 43.7 Å². The first-order valence-corrected chi connectivity index (χ1v) is 12.1. The van der Waals surface area contributed by atoms with Crippen LogP contribution >= 0.6 is 0 Å². The molecule has 1 aromatic rings. The van der Waals surface area contributed by atoms with E-state index in [1.807, 2.05) is 36.6 Å². The van der Waals surface area contributed by atoms with E-state index in [-0.39, 0.29) is 31.6 Å². The number of carboxylic acids is 1. The lowest BCUT2D eigenvalue weighted by atomic mass is 10.0. The van der Waals surface area contributed by atoms with E-state index in [0.717, 1.165) is 5.56 Å². The van der Waals surface area contributed by atoms with Crippen LogP contribution < -0.4 is 27.4 Å². The van der Waals surface area contributed by atoms with Crippen molar-refractivity contribution in [2.24, 2.45) is 17.4 Å². The molecule has 0 unspecified atom stereocenters. The maximum Gasteiger partial charge on any atom is 0.303 e. The number of rotatable bonds is 17. The molecule has 0 fully saturated rings. The summed E-state index contributed by atoms with van der Waals surface area (Å²) in [6.45, 7) is 3.85. The highest BCUT2D eigenvalue weighted by Crippen LogP contribution is 2.08. The van der Waals surface area contributed by atoms with E-state index in [1.54, 1.807) is 13.8 Å². The monoisotopic (exact) mass is 504 g/mol. The Kier molecular flexibility index (Phi) is 14.0. The summed E-state index contributed by atoms with van der Waals surface area (Å²) in [5.41, 5.74) is 12.2. The van der Waals surface area contributed by atoms with Crippen molar-refractivity contribution in [2.45, 2.75) is 76.5 Å². The molecule has 199 valence electrons. The van der Waals surface area contributed by atoms with Gasteiger partial charge >= 0.3 is 5.97 Å². The Morgan fingerprint density at radius 3 is 2.17 bits per heavy atom. The number of carbonyl (C=O) groups excluding carboxylic acids is 4. The zero-order chi connectivity index (χ0) is 27.1. The third-order valence-corrected chi connectivity index (χ3v) is 5.57. The summed E-state index contributed by atoms with van der Waals surface area (Å²) >= 11 is 0. The van der Waals surface area contributed by atoms with Crippen LogP contribution in [0.15, 0.2) is 30.3 Å². The van der Waals surface area contributed by atoms with Gasteiger partial charge in [0.05, 0.1) is 12.1 Å². The van der Waals surface area contributed by atoms with Crippen molar-refractivity contribution in [1.82, 2.24) is 16.0 Å². The van der Waals surface area contributed by atoms with E-state index in [4.69, 9.17) is 16.6 Å². The summed E-state index contributed by atoms with van der Waals surface area (Å²) in [5, 5.41) is 16.6. The van der Waals surface area contributed by atoms with Crippen LogP contribution in [0.3, 0.4) is 0 Å². The van der Waals surface area contributed by atoms with Crippen molar-refractivity contribution in [3.05, 3.63) is 35.9 Å². The van der Waals surface area contributed by atoms with E-state index in [0.29, 0.717) is 19.4 Å². The van der Waals surface area contributed by atoms with Gasteiger partial charge in [0.2, 0.25) is 24.0 Å². The molecule has 3 amide bonds. The minimum atomic E-state index is -1.10. The summed E-state index contributed by atoms with van der Waals surface area (Å²) in [6.07, 6.45) is 3.19. The number of hydrogen-bond acceptors (Lipinski definition) is 7. The SMILES string of the molecule is CC(C)[C@H](NC(=O)[C@@H](N)CCC(=O)O)C(=O)N[C@@H](CCCCN)C(=O)N[C@H]([C]=O)Cc1ccccc1. The number of aliphatic carboxylic acids is 1. The highest BCUT2D eigenvalue weighted by molar-refractivity contribution is 5.93. The molecule has 0 saturated carbocycles. The fourth-order valence-corrected chi connectivity index (χ4v) is 3.47. The van der Waals surface area contributed by atoms with Gasteiger partial charge in [0.15, 0.2) is 0 Å². The van der Waals surface area contributed by atoms with Gasteiger partial charge in [-0.1, -0.05) is 44.2 Å². The minimum Gasteiger partial charge on any atom is -0.481 e. The van der Waals surface area contributed by atoms with Gasteiger partial charge in [0, 0.05) is 12.8 Å². The number of nitrogens with one attached hydrogen (secondary N) is 3. The molecule has 4 atom stereocenters. The van der Waals surface area contributed by atoms with Crippen molar-refractivity contribution in [1.29, 1.82) is 0 Å². The van der Waals surface area contributed by atoms with E-state index in [9.17, 15) is 24.0 Å². The molecule has 11 heteroatoms. The molecule has 11 nitrogen and oxygen atoms in total. The lowest BCUT2D eigenvalue weighted by Crippen LogP contribution is -2.58. The summed E-state index contributed by atoms with van der Waals surface area (Å²) in [7, 11) is 0. The number of unbranched alkanes of at least 4 members (excludes halogenated alkanes) is 1. The maximum absolute atomic E-state index is 13.1. The van der Waals surface area contributed by atoms with Gasteiger partial charge in [-0.3, -0.25) is 24.0 Å². The first-order chi connectivity index (χ1) is 17.1. The van der Waals surface area contributed by atoms with Crippen molar-refractivity contribution in [3.63, 3.8) is 0 Å². The van der Waals surface area contributed by atoms with Crippen LogP contribution in [0.25, 0.3) is 0 Å². The van der Waals surface area contributed by atoms with Crippen LogP contribution in [0.5, 0.6) is 0 Å². The molecule has 0 aromatic heterocycles. The standard InChI is InChI=1S/C25H38N5O6/c1-16(2)22(30-23(34)19(27)11-12-21(32)33)25(36)29-20(10-6-7-13-26)24(35)28-18(15-31)14-17-8-4-3-5-9-17/h3-5,8-9,16,18-20,22H,6-7,10-14,26-27H2,1-2H3,(H,28,35)(H,29,36)(H,30,34)(H,32,33)/t18-,19-,20-,22-/m0/s1. The molecule has 8 N–H and O–H groups in total. The fraction of sp³-hybridized carbons (Fsp3) is 0.560. The van der Waals surface area contributed by atoms with Crippen LogP contribution in [0.4, 0.5) is 0 Å². The van der Waals surface area contributed by atoms with E-state index in [2.05, 4.69) is 16.0 Å². The Bertz CT molecular complexity index is 864. The second-order valence-corrected chi connectivity index (χ2v) is 8.98. The van der Waals surface area contributed by atoms with Crippen LogP contribution in [-0.4, -0.2) is 65.8 Å². The lowest BCUT2D eigenvalue weighted by Gasteiger charge is -2.27. The largest absolute Gasteiger partial charge is 0.481 e. The van der Waals surface area contributed by atoms with E-state index >= 15 is 0 Å². The zero-order valence-electron chi connectivity index (χ0n) is 20.9. The first kappa shape index (κ1) is 30.7. The third kappa shape index (κ3) is 11.4. The van der Waals surface area contributed by atoms with Gasteiger partial charge in [-0.25, -0.2) is 0 Å². The highest BCUT2D eigenvalue weighted by atomic mass is 16.4. The van der Waals surface area contributed by atoms with Crippen LogP contribution in [0, 0.1) is 5.92 Å². The number of benzene rings is 1. The summed E-state index contributed by atoms with van der Waals surface area (Å²) in [5.74, 6) is -3.22. The Hall–Kier alpha value is -3.31. The van der Waals surface area contributed by atoms with Crippen molar-refractivity contribution >= 4 is 30.0 Å². The molecule has 0 spiro atoms. The number of nitrogens with two attached hydrogens (primary N) is 2. The van der Waals surface area contributed by atoms with Gasteiger partial charge in [-0.2, -0.15) is 0 Å². The van der Waals surface area contributed by atoms with E-state index in [1.165, 1.54) is 0 Å². The van der Waals surface area contributed by atoms with Crippen LogP contribution in [-0.2, 0) is 30.4 Å².